The number of sulfonamides is 1. The van der Waals surface area contributed by atoms with Gasteiger partial charge in [0.05, 0.1) is 22.7 Å². The van der Waals surface area contributed by atoms with Gasteiger partial charge in [0.25, 0.3) is 10.0 Å². The molecule has 0 atom stereocenters. The number of nitrogens with zero attached hydrogens (tertiary/aromatic N) is 1. The fourth-order valence-corrected chi connectivity index (χ4v) is 5.66. The minimum atomic E-state index is -4.64. The number of hydrogen-bond acceptors (Lipinski definition) is 3. The van der Waals surface area contributed by atoms with Crippen molar-refractivity contribution >= 4 is 32.9 Å². The van der Waals surface area contributed by atoms with E-state index in [-0.39, 0.29) is 18.8 Å². The summed E-state index contributed by atoms with van der Waals surface area (Å²) in [4.78, 5) is -0.424. The quantitative estimate of drug-likeness (QED) is 0.555. The van der Waals surface area contributed by atoms with Gasteiger partial charge >= 0.3 is 6.18 Å². The summed E-state index contributed by atoms with van der Waals surface area (Å²) in [5, 5.41) is 0.684. The van der Waals surface area contributed by atoms with Crippen molar-refractivity contribution in [1.82, 2.24) is 0 Å². The minimum Gasteiger partial charge on any atom is -0.489 e. The van der Waals surface area contributed by atoms with Gasteiger partial charge in [-0.2, -0.15) is 13.2 Å². The Hall–Kier alpha value is -2.45. The second-order valence-corrected chi connectivity index (χ2v) is 9.66. The molecule has 0 spiro atoms. The van der Waals surface area contributed by atoms with Crippen molar-refractivity contribution < 1.29 is 26.3 Å². The van der Waals surface area contributed by atoms with Crippen LogP contribution in [0.3, 0.4) is 0 Å². The van der Waals surface area contributed by atoms with Gasteiger partial charge in [0.15, 0.2) is 0 Å². The summed E-state index contributed by atoms with van der Waals surface area (Å²) in [6, 6.07) is 8.89. The second kappa shape index (κ2) is 7.91. The molecule has 0 radical (unpaired) electrons. The van der Waals surface area contributed by atoms with Crippen LogP contribution in [-0.4, -0.2) is 21.6 Å². The predicted molar refractivity (Wildman–Crippen MR) is 114 cm³/mol. The predicted octanol–water partition coefficient (Wildman–Crippen LogP) is 5.98. The fraction of sp³-hybridized carbons (Fsp3) is 0.273. The van der Waals surface area contributed by atoms with Crippen LogP contribution in [0.5, 0.6) is 5.75 Å². The topological polar surface area (TPSA) is 46.6 Å². The van der Waals surface area contributed by atoms with Crippen LogP contribution >= 0.6 is 11.6 Å². The van der Waals surface area contributed by atoms with E-state index in [1.54, 1.807) is 18.2 Å². The van der Waals surface area contributed by atoms with E-state index < -0.39 is 26.7 Å². The van der Waals surface area contributed by atoms with Gasteiger partial charge in [0, 0.05) is 5.03 Å². The van der Waals surface area contributed by atoms with E-state index >= 15 is 0 Å². The van der Waals surface area contributed by atoms with Crippen LogP contribution in [0.1, 0.15) is 30.9 Å². The maximum Gasteiger partial charge on any atom is 0.416 e. The van der Waals surface area contributed by atoms with Gasteiger partial charge in [0.1, 0.15) is 12.4 Å². The molecule has 9 heteroatoms. The SMILES string of the molecule is CC1=CCCC(Cl)=C1c1ccc2c(c1)N(S(=O)(=O)c1cccc(C(F)(F)F)c1)CCO2. The number of allylic oxidation sites excluding steroid dienone is 4. The molecule has 2 aromatic rings. The third kappa shape index (κ3) is 4.06. The van der Waals surface area contributed by atoms with E-state index in [4.69, 9.17) is 16.3 Å². The monoisotopic (exact) mass is 469 g/mol. The Morgan fingerprint density at radius 2 is 1.90 bits per heavy atom. The van der Waals surface area contributed by atoms with E-state index in [9.17, 15) is 21.6 Å². The minimum absolute atomic E-state index is 0.0172. The lowest BCUT2D eigenvalue weighted by molar-refractivity contribution is -0.137. The Balaban J connectivity index is 1.80. The number of alkyl halides is 3. The standard InChI is InChI=1S/C22H19ClF3NO3S/c1-14-4-2-7-18(23)21(14)15-8-9-20-19(12-15)27(10-11-30-20)31(28,29)17-6-3-5-16(13-17)22(24,25)26/h3-6,8-9,12-13H,2,7,10-11H2,1H3. The summed E-state index contributed by atoms with van der Waals surface area (Å²) in [6.45, 7) is 2.01. The summed E-state index contributed by atoms with van der Waals surface area (Å²) in [5.41, 5.74) is 1.80. The largest absolute Gasteiger partial charge is 0.489 e. The average molecular weight is 470 g/mol. The first-order valence-electron chi connectivity index (χ1n) is 9.62. The zero-order chi connectivity index (χ0) is 22.4. The van der Waals surface area contributed by atoms with E-state index in [1.807, 2.05) is 6.92 Å². The Labute approximate surface area is 183 Å². The molecule has 2 aromatic carbocycles. The molecule has 1 aliphatic heterocycles. The number of halogens is 4. The molecular weight excluding hydrogens is 451 g/mol. The van der Waals surface area contributed by atoms with Gasteiger partial charge in [-0.05, 0) is 66.8 Å². The maximum atomic E-state index is 13.3. The molecule has 0 saturated heterocycles. The van der Waals surface area contributed by atoms with Gasteiger partial charge in [-0.15, -0.1) is 0 Å². The van der Waals surface area contributed by atoms with Crippen molar-refractivity contribution in [1.29, 1.82) is 0 Å². The van der Waals surface area contributed by atoms with E-state index in [1.165, 1.54) is 0 Å². The third-order valence-electron chi connectivity index (χ3n) is 5.30. The number of fused-ring (bicyclic) bond motifs is 1. The lowest BCUT2D eigenvalue weighted by atomic mass is 9.92. The summed E-state index contributed by atoms with van der Waals surface area (Å²) in [7, 11) is -4.24. The van der Waals surface area contributed by atoms with Crippen LogP contribution in [-0.2, 0) is 16.2 Å². The molecular formula is C22H19ClF3NO3S. The molecule has 164 valence electrons. The molecule has 1 heterocycles. The molecule has 0 bridgehead atoms. The van der Waals surface area contributed by atoms with Crippen molar-refractivity contribution in [3.8, 4) is 5.75 Å². The van der Waals surface area contributed by atoms with Gasteiger partial charge < -0.3 is 4.74 Å². The molecule has 0 amide bonds. The Bertz CT molecular complexity index is 1200. The van der Waals surface area contributed by atoms with Crippen LogP contribution in [0, 0.1) is 0 Å². The first-order chi connectivity index (χ1) is 14.6. The van der Waals surface area contributed by atoms with Crippen LogP contribution in [0.2, 0.25) is 0 Å². The zero-order valence-corrected chi connectivity index (χ0v) is 18.1. The summed E-state index contributed by atoms with van der Waals surface area (Å²) >= 11 is 6.45. The van der Waals surface area contributed by atoms with Crippen LogP contribution < -0.4 is 9.04 Å². The van der Waals surface area contributed by atoms with Crippen molar-refractivity contribution in [3.05, 3.63) is 70.3 Å². The van der Waals surface area contributed by atoms with Gasteiger partial charge in [-0.3, -0.25) is 4.31 Å². The second-order valence-electron chi connectivity index (χ2n) is 7.34. The van der Waals surface area contributed by atoms with Crippen LogP contribution in [0.15, 0.2) is 64.0 Å². The summed E-state index contributed by atoms with van der Waals surface area (Å²) in [5.74, 6) is 0.347. The number of ether oxygens (including phenoxy) is 1. The van der Waals surface area contributed by atoms with Crippen LogP contribution in [0.25, 0.3) is 5.57 Å². The van der Waals surface area contributed by atoms with Gasteiger partial charge in [-0.25, -0.2) is 8.42 Å². The molecule has 4 nitrogen and oxygen atoms in total. The van der Waals surface area contributed by atoms with E-state index in [0.717, 1.165) is 45.6 Å². The molecule has 1 aliphatic carbocycles. The number of anilines is 1. The van der Waals surface area contributed by atoms with Crippen molar-refractivity contribution in [2.75, 3.05) is 17.5 Å². The summed E-state index contributed by atoms with van der Waals surface area (Å²) in [6.07, 6.45) is -1.06. The molecule has 0 aromatic heterocycles. The number of rotatable bonds is 3. The molecule has 2 aliphatic rings. The van der Waals surface area contributed by atoms with Gasteiger partial charge in [-0.1, -0.05) is 29.8 Å². The lowest BCUT2D eigenvalue weighted by Crippen LogP contribution is -2.38. The molecule has 0 fully saturated rings. The number of hydrogen-bond donors (Lipinski definition) is 0. The lowest BCUT2D eigenvalue weighted by Gasteiger charge is -2.31. The van der Waals surface area contributed by atoms with Crippen molar-refractivity contribution in [2.24, 2.45) is 0 Å². The number of benzene rings is 2. The Morgan fingerprint density at radius 1 is 1.13 bits per heavy atom. The van der Waals surface area contributed by atoms with E-state index in [2.05, 4.69) is 6.08 Å². The molecule has 0 saturated carbocycles. The first kappa shape index (κ1) is 21.8. The highest BCUT2D eigenvalue weighted by Gasteiger charge is 2.35. The molecule has 0 unspecified atom stereocenters. The molecule has 4 rings (SSSR count). The summed E-state index contributed by atoms with van der Waals surface area (Å²) < 4.78 is 72.7. The molecule has 31 heavy (non-hydrogen) atoms. The Morgan fingerprint density at radius 3 is 2.61 bits per heavy atom. The first-order valence-corrected chi connectivity index (χ1v) is 11.4. The van der Waals surface area contributed by atoms with Crippen molar-refractivity contribution in [3.63, 3.8) is 0 Å². The fourth-order valence-electron chi connectivity index (χ4n) is 3.80. The smallest absolute Gasteiger partial charge is 0.416 e. The third-order valence-corrected chi connectivity index (χ3v) is 7.48. The van der Waals surface area contributed by atoms with Crippen molar-refractivity contribution in [2.45, 2.75) is 30.8 Å². The van der Waals surface area contributed by atoms with Crippen LogP contribution in [0.4, 0.5) is 18.9 Å². The van der Waals surface area contributed by atoms with Gasteiger partial charge in [0.2, 0.25) is 0 Å². The zero-order valence-electron chi connectivity index (χ0n) is 16.5. The van der Waals surface area contributed by atoms with E-state index in [0.29, 0.717) is 23.3 Å². The Kier molecular flexibility index (Phi) is 5.55. The molecule has 0 N–H and O–H groups in total. The highest BCUT2D eigenvalue weighted by molar-refractivity contribution is 7.92. The highest BCUT2D eigenvalue weighted by Crippen LogP contribution is 2.42. The maximum absolute atomic E-state index is 13.3. The average Bonchev–Trinajstić information content (AvgIpc) is 2.72. The normalized spacial score (nSPS) is 17.2. The highest BCUT2D eigenvalue weighted by atomic mass is 35.5.